The maximum atomic E-state index is 13.5. The summed E-state index contributed by atoms with van der Waals surface area (Å²) >= 11 is 6.01. The molecule has 0 radical (unpaired) electrons. The molecular formula is C20H19ClF3NO3. The fraction of sp³-hybridized carbons (Fsp3) is 0.300. The second-order valence-electron chi connectivity index (χ2n) is 7.19. The maximum Gasteiger partial charge on any atom is 0.420 e. The van der Waals surface area contributed by atoms with Crippen molar-refractivity contribution < 1.29 is 27.5 Å². The van der Waals surface area contributed by atoms with E-state index in [-0.39, 0.29) is 10.6 Å². The van der Waals surface area contributed by atoms with Crippen molar-refractivity contribution in [3.63, 3.8) is 0 Å². The molecule has 1 N–H and O–H groups in total. The van der Waals surface area contributed by atoms with Gasteiger partial charge in [-0.2, -0.15) is 13.2 Å². The van der Waals surface area contributed by atoms with Gasteiger partial charge in [0, 0.05) is 16.8 Å². The molecule has 28 heavy (non-hydrogen) atoms. The lowest BCUT2D eigenvalue weighted by molar-refractivity contribution is -0.139. The minimum absolute atomic E-state index is 0.268. The second-order valence-corrected chi connectivity index (χ2v) is 7.60. The summed E-state index contributed by atoms with van der Waals surface area (Å²) in [6.07, 6.45) is -4.09. The number of ether oxygens (including phenoxy) is 1. The van der Waals surface area contributed by atoms with Gasteiger partial charge < -0.3 is 10.1 Å². The number of aryl methyl sites for hydroxylation is 1. The molecule has 2 aromatic carbocycles. The predicted molar refractivity (Wildman–Crippen MR) is 101 cm³/mol. The van der Waals surface area contributed by atoms with Crippen LogP contribution in [-0.2, 0) is 6.18 Å². The van der Waals surface area contributed by atoms with Crippen molar-refractivity contribution in [2.75, 3.05) is 5.32 Å². The van der Waals surface area contributed by atoms with Crippen molar-refractivity contribution in [3.05, 3.63) is 57.6 Å². The van der Waals surface area contributed by atoms with Crippen LogP contribution < -0.4 is 10.1 Å². The van der Waals surface area contributed by atoms with Gasteiger partial charge in [-0.3, -0.25) is 9.59 Å². The summed E-state index contributed by atoms with van der Waals surface area (Å²) in [5.74, 6) is -1.29. The Morgan fingerprint density at radius 3 is 2.29 bits per heavy atom. The molecule has 0 aromatic heterocycles. The van der Waals surface area contributed by atoms with Crippen LogP contribution in [-0.4, -0.2) is 17.8 Å². The van der Waals surface area contributed by atoms with Crippen LogP contribution in [0.15, 0.2) is 30.3 Å². The summed E-state index contributed by atoms with van der Waals surface area (Å²) in [5.41, 5.74) is -0.901. The van der Waals surface area contributed by atoms with Crippen LogP contribution in [0.5, 0.6) is 5.75 Å². The Bertz CT molecular complexity index is 918. The van der Waals surface area contributed by atoms with E-state index in [0.29, 0.717) is 29.2 Å². The first kappa shape index (κ1) is 21.8. The van der Waals surface area contributed by atoms with E-state index in [1.54, 1.807) is 33.8 Å². The van der Waals surface area contributed by atoms with Crippen LogP contribution >= 0.6 is 11.6 Å². The number of rotatable bonds is 4. The fourth-order valence-electron chi connectivity index (χ4n) is 2.43. The Morgan fingerprint density at radius 1 is 1.14 bits per heavy atom. The third-order valence-electron chi connectivity index (χ3n) is 3.67. The van der Waals surface area contributed by atoms with Gasteiger partial charge in [-0.25, -0.2) is 0 Å². The second kappa shape index (κ2) is 7.83. The maximum absolute atomic E-state index is 13.5. The molecule has 0 fully saturated rings. The number of nitrogens with one attached hydrogen (secondary N) is 1. The van der Waals surface area contributed by atoms with Crippen LogP contribution in [0.1, 0.15) is 52.6 Å². The Balaban J connectivity index is 2.42. The molecule has 0 aliphatic carbocycles. The molecule has 0 spiro atoms. The molecule has 0 bridgehead atoms. The summed E-state index contributed by atoms with van der Waals surface area (Å²) in [6, 6.07) is 6.37. The fourth-order valence-corrected chi connectivity index (χ4v) is 2.69. The SMILES string of the molecule is Cc1cc(NC(=O)c2cc(Cl)c(OC(C)(C)C)c(C(F)(F)F)c2)ccc1C=O. The molecule has 0 aliphatic rings. The third-order valence-corrected chi connectivity index (χ3v) is 3.95. The largest absolute Gasteiger partial charge is 0.486 e. The van der Waals surface area contributed by atoms with E-state index in [1.807, 2.05) is 0 Å². The van der Waals surface area contributed by atoms with E-state index in [1.165, 1.54) is 12.1 Å². The van der Waals surface area contributed by atoms with Gasteiger partial charge in [-0.05, 0) is 63.6 Å². The smallest absolute Gasteiger partial charge is 0.420 e. The van der Waals surface area contributed by atoms with Crippen LogP contribution in [0.2, 0.25) is 5.02 Å². The molecule has 150 valence electrons. The zero-order valence-electron chi connectivity index (χ0n) is 15.7. The van der Waals surface area contributed by atoms with Crippen LogP contribution in [0.4, 0.5) is 18.9 Å². The molecule has 0 saturated carbocycles. The number of hydrogen-bond acceptors (Lipinski definition) is 3. The predicted octanol–water partition coefficient (Wildman–Crippen LogP) is 5.91. The zero-order valence-corrected chi connectivity index (χ0v) is 16.5. The van der Waals surface area contributed by atoms with Crippen molar-refractivity contribution in [2.24, 2.45) is 0 Å². The van der Waals surface area contributed by atoms with Crippen molar-refractivity contribution >= 4 is 29.5 Å². The van der Waals surface area contributed by atoms with E-state index < -0.39 is 29.0 Å². The van der Waals surface area contributed by atoms with Crippen LogP contribution in [0.3, 0.4) is 0 Å². The van der Waals surface area contributed by atoms with Crippen molar-refractivity contribution in [2.45, 2.75) is 39.5 Å². The molecule has 0 atom stereocenters. The molecule has 4 nitrogen and oxygen atoms in total. The Kier molecular flexibility index (Phi) is 6.09. The lowest BCUT2D eigenvalue weighted by Gasteiger charge is -2.25. The highest BCUT2D eigenvalue weighted by Crippen LogP contribution is 2.42. The minimum atomic E-state index is -4.76. The molecule has 0 aliphatic heterocycles. The molecule has 2 rings (SSSR count). The molecule has 2 aromatic rings. The zero-order chi connectivity index (χ0) is 21.3. The summed E-state index contributed by atoms with van der Waals surface area (Å²) < 4.78 is 45.9. The molecule has 8 heteroatoms. The number of carbonyl (C=O) groups excluding carboxylic acids is 2. The first-order valence-corrected chi connectivity index (χ1v) is 8.66. The third kappa shape index (κ3) is 5.25. The first-order chi connectivity index (χ1) is 12.8. The highest BCUT2D eigenvalue weighted by molar-refractivity contribution is 6.32. The van der Waals surface area contributed by atoms with Gasteiger partial charge >= 0.3 is 6.18 Å². The van der Waals surface area contributed by atoms with Gasteiger partial charge in [0.2, 0.25) is 0 Å². The normalized spacial score (nSPS) is 11.9. The first-order valence-electron chi connectivity index (χ1n) is 8.29. The van der Waals surface area contributed by atoms with E-state index in [2.05, 4.69) is 5.32 Å². The van der Waals surface area contributed by atoms with Gasteiger partial charge in [-0.15, -0.1) is 0 Å². The van der Waals surface area contributed by atoms with Gasteiger partial charge in [0.25, 0.3) is 5.91 Å². The summed E-state index contributed by atoms with van der Waals surface area (Å²) in [4.78, 5) is 23.3. The number of halogens is 4. The summed E-state index contributed by atoms with van der Waals surface area (Å²) in [7, 11) is 0. The number of carbonyl (C=O) groups is 2. The number of hydrogen-bond donors (Lipinski definition) is 1. The molecule has 0 heterocycles. The average Bonchev–Trinajstić information content (AvgIpc) is 2.54. The van der Waals surface area contributed by atoms with Gasteiger partial charge in [0.15, 0.2) is 5.75 Å². The Labute approximate surface area is 165 Å². The van der Waals surface area contributed by atoms with Crippen molar-refractivity contribution in [1.82, 2.24) is 0 Å². The summed E-state index contributed by atoms with van der Waals surface area (Å²) in [6.45, 7) is 6.46. The quantitative estimate of drug-likeness (QED) is 0.634. The number of aldehydes is 1. The Hall–Kier alpha value is -2.54. The van der Waals surface area contributed by atoms with Crippen LogP contribution in [0.25, 0.3) is 0 Å². The standard InChI is InChI=1S/C20H19ClF3NO3/c1-11-7-14(6-5-12(11)10-26)25-18(27)13-8-15(20(22,23)24)17(16(21)9-13)28-19(2,3)4/h5-10H,1-4H3,(H,25,27). The molecule has 0 unspecified atom stereocenters. The van der Waals surface area contributed by atoms with Crippen molar-refractivity contribution in [1.29, 1.82) is 0 Å². The van der Waals surface area contributed by atoms with Gasteiger partial charge in [0.05, 0.1) is 10.6 Å². The highest BCUT2D eigenvalue weighted by Gasteiger charge is 2.37. The Morgan fingerprint density at radius 2 is 1.79 bits per heavy atom. The highest BCUT2D eigenvalue weighted by atomic mass is 35.5. The van der Waals surface area contributed by atoms with E-state index in [0.717, 1.165) is 6.07 Å². The topological polar surface area (TPSA) is 55.4 Å². The van der Waals surface area contributed by atoms with Crippen LogP contribution in [0, 0.1) is 6.92 Å². The summed E-state index contributed by atoms with van der Waals surface area (Å²) in [5, 5.41) is 2.19. The monoisotopic (exact) mass is 413 g/mol. The van der Waals surface area contributed by atoms with Gasteiger partial charge in [-0.1, -0.05) is 11.6 Å². The average molecular weight is 414 g/mol. The lowest BCUT2D eigenvalue weighted by Crippen LogP contribution is -2.25. The van der Waals surface area contributed by atoms with E-state index in [4.69, 9.17) is 16.3 Å². The molecular weight excluding hydrogens is 395 g/mol. The van der Waals surface area contributed by atoms with Crippen molar-refractivity contribution in [3.8, 4) is 5.75 Å². The van der Waals surface area contributed by atoms with E-state index >= 15 is 0 Å². The lowest BCUT2D eigenvalue weighted by atomic mass is 10.1. The number of anilines is 1. The molecule has 0 saturated heterocycles. The van der Waals surface area contributed by atoms with Gasteiger partial charge in [0.1, 0.15) is 11.9 Å². The number of alkyl halides is 3. The number of amides is 1. The number of benzene rings is 2. The minimum Gasteiger partial charge on any atom is -0.486 e. The molecule has 1 amide bonds. The van der Waals surface area contributed by atoms with E-state index in [9.17, 15) is 22.8 Å².